The topological polar surface area (TPSA) is 129 Å². The van der Waals surface area contributed by atoms with Crippen LogP contribution in [0.15, 0.2) is 10.6 Å². The van der Waals surface area contributed by atoms with E-state index < -0.39 is 29.8 Å². The van der Waals surface area contributed by atoms with Gasteiger partial charge in [-0.25, -0.2) is 4.79 Å². The molecule has 27 heavy (non-hydrogen) atoms. The second kappa shape index (κ2) is 10.4. The van der Waals surface area contributed by atoms with E-state index in [1.165, 1.54) is 6.07 Å². The zero-order valence-electron chi connectivity index (χ0n) is 16.3. The van der Waals surface area contributed by atoms with Crippen molar-refractivity contribution in [2.45, 2.75) is 59.3 Å². The summed E-state index contributed by atoms with van der Waals surface area (Å²) in [5.41, 5.74) is -0.634. The molecule has 0 radical (unpaired) electrons. The summed E-state index contributed by atoms with van der Waals surface area (Å²) >= 11 is 0. The fourth-order valence-electron chi connectivity index (χ4n) is 1.82. The van der Waals surface area contributed by atoms with Crippen molar-refractivity contribution in [1.82, 2.24) is 15.8 Å². The molecule has 0 fully saturated rings. The first-order valence-corrected chi connectivity index (χ1v) is 8.71. The number of carbonyl (C=O) groups is 3. The summed E-state index contributed by atoms with van der Waals surface area (Å²) in [6, 6.07) is 1.29. The Labute approximate surface area is 157 Å². The number of nitrogens with zero attached hydrogens (tertiary/aromatic N) is 1. The molecule has 0 spiro atoms. The molecule has 0 bridgehead atoms. The van der Waals surface area contributed by atoms with E-state index in [1.807, 2.05) is 0 Å². The molecule has 0 aromatic carbocycles. The van der Waals surface area contributed by atoms with Gasteiger partial charge in [0, 0.05) is 13.0 Å². The van der Waals surface area contributed by atoms with Gasteiger partial charge in [0.15, 0.2) is 6.23 Å². The minimum atomic E-state index is -0.704. The van der Waals surface area contributed by atoms with Crippen LogP contribution < -0.4 is 15.4 Å². The molecule has 0 saturated carbocycles. The molecule has 0 saturated heterocycles. The molecule has 10 heteroatoms. The van der Waals surface area contributed by atoms with Gasteiger partial charge in [0.1, 0.15) is 5.60 Å². The van der Waals surface area contributed by atoms with Crippen LogP contribution in [-0.2, 0) is 14.3 Å². The van der Waals surface area contributed by atoms with Gasteiger partial charge in [-0.1, -0.05) is 6.92 Å². The monoisotopic (exact) mass is 385 g/mol. The molecule has 0 aliphatic heterocycles. The zero-order chi connectivity index (χ0) is 20.4. The molecular formula is C17H27N3O7. The fourth-order valence-corrected chi connectivity index (χ4v) is 1.82. The van der Waals surface area contributed by atoms with Gasteiger partial charge in [-0.3, -0.25) is 14.9 Å². The van der Waals surface area contributed by atoms with E-state index in [0.717, 1.165) is 0 Å². The number of hydrogen-bond acceptors (Lipinski definition) is 8. The quantitative estimate of drug-likeness (QED) is 0.488. The highest BCUT2D eigenvalue weighted by molar-refractivity contribution is 5.91. The van der Waals surface area contributed by atoms with Crippen molar-refractivity contribution in [1.29, 1.82) is 0 Å². The predicted octanol–water partition coefficient (Wildman–Crippen LogP) is 2.00. The Morgan fingerprint density at radius 2 is 1.96 bits per heavy atom. The van der Waals surface area contributed by atoms with Gasteiger partial charge in [-0.05, 0) is 32.9 Å². The molecule has 1 unspecified atom stereocenters. The Morgan fingerprint density at radius 1 is 1.26 bits per heavy atom. The first kappa shape index (κ1) is 22.3. The van der Waals surface area contributed by atoms with Gasteiger partial charge >= 0.3 is 12.1 Å². The Bertz CT molecular complexity index is 637. The summed E-state index contributed by atoms with van der Waals surface area (Å²) in [5, 5.41) is 8.70. The summed E-state index contributed by atoms with van der Waals surface area (Å²) in [4.78, 5) is 35.0. The lowest BCUT2D eigenvalue weighted by Gasteiger charge is -2.22. The number of hydrogen-bond donors (Lipinski definition) is 2. The van der Waals surface area contributed by atoms with E-state index in [-0.39, 0.29) is 31.2 Å². The third kappa shape index (κ3) is 8.93. The molecule has 152 valence electrons. The average Bonchev–Trinajstić information content (AvgIpc) is 3.01. The van der Waals surface area contributed by atoms with Gasteiger partial charge in [0.05, 0.1) is 19.1 Å². The SMILES string of the molecule is CCOC(=O)CCNC(=O)c1cc(OC(CC)NC(=O)OC(C)(C)C)no1. The third-order valence-corrected chi connectivity index (χ3v) is 2.94. The van der Waals surface area contributed by atoms with E-state index >= 15 is 0 Å². The number of esters is 1. The molecule has 0 aliphatic carbocycles. The van der Waals surface area contributed by atoms with E-state index in [9.17, 15) is 14.4 Å². The van der Waals surface area contributed by atoms with Gasteiger partial charge in [0.2, 0.25) is 5.76 Å². The maximum absolute atomic E-state index is 11.9. The number of nitrogens with one attached hydrogen (secondary N) is 2. The number of rotatable bonds is 9. The van der Waals surface area contributed by atoms with Gasteiger partial charge in [-0.15, -0.1) is 0 Å². The second-order valence-electron chi connectivity index (χ2n) is 6.50. The molecule has 2 N–H and O–H groups in total. The molecule has 1 aromatic heterocycles. The molecule has 1 aromatic rings. The van der Waals surface area contributed by atoms with Crippen molar-refractivity contribution in [3.05, 3.63) is 11.8 Å². The molecule has 2 amide bonds. The van der Waals surface area contributed by atoms with Gasteiger partial charge < -0.3 is 24.1 Å². The molecule has 1 heterocycles. The standard InChI is InChI=1S/C17H27N3O7/c1-6-12(19-16(23)26-17(3,4)5)25-13-10-11(27-20-13)15(22)18-9-8-14(21)24-7-2/h10,12H,6-9H2,1-5H3,(H,18,22)(H,19,23). The van der Waals surface area contributed by atoms with Crippen molar-refractivity contribution in [3.63, 3.8) is 0 Å². The maximum atomic E-state index is 11.9. The first-order chi connectivity index (χ1) is 12.6. The van der Waals surface area contributed by atoms with Crippen molar-refractivity contribution in [2.75, 3.05) is 13.2 Å². The molecule has 1 rings (SSSR count). The minimum Gasteiger partial charge on any atom is -0.466 e. The first-order valence-electron chi connectivity index (χ1n) is 8.71. The normalized spacial score (nSPS) is 12.0. The average molecular weight is 385 g/mol. The van der Waals surface area contributed by atoms with Crippen molar-refractivity contribution in [3.8, 4) is 5.88 Å². The summed E-state index contributed by atoms with van der Waals surface area (Å²) in [5.74, 6) is -0.998. The van der Waals surface area contributed by atoms with Crippen molar-refractivity contribution < 1.29 is 33.1 Å². The summed E-state index contributed by atoms with van der Waals surface area (Å²) < 4.78 is 20.3. The lowest BCUT2D eigenvalue weighted by atomic mass is 10.2. The van der Waals surface area contributed by atoms with Crippen molar-refractivity contribution in [2.24, 2.45) is 0 Å². The largest absolute Gasteiger partial charge is 0.466 e. The highest BCUT2D eigenvalue weighted by Crippen LogP contribution is 2.14. The Morgan fingerprint density at radius 3 is 2.56 bits per heavy atom. The lowest BCUT2D eigenvalue weighted by molar-refractivity contribution is -0.142. The fraction of sp³-hybridized carbons (Fsp3) is 0.647. The zero-order valence-corrected chi connectivity index (χ0v) is 16.3. The van der Waals surface area contributed by atoms with E-state index in [2.05, 4.69) is 15.8 Å². The van der Waals surface area contributed by atoms with Crippen LogP contribution >= 0.6 is 0 Å². The predicted molar refractivity (Wildman–Crippen MR) is 94.2 cm³/mol. The summed E-state index contributed by atoms with van der Waals surface area (Å²) in [6.45, 7) is 9.13. The molecule has 10 nitrogen and oxygen atoms in total. The Hall–Kier alpha value is -2.78. The van der Waals surface area contributed by atoms with Crippen molar-refractivity contribution >= 4 is 18.0 Å². The van der Waals surface area contributed by atoms with Gasteiger partial charge in [-0.2, -0.15) is 0 Å². The lowest BCUT2D eigenvalue weighted by Crippen LogP contribution is -2.41. The smallest absolute Gasteiger partial charge is 0.410 e. The highest BCUT2D eigenvalue weighted by atomic mass is 16.6. The van der Waals surface area contributed by atoms with Crippen LogP contribution in [0.25, 0.3) is 0 Å². The molecule has 0 aliphatic rings. The summed E-state index contributed by atoms with van der Waals surface area (Å²) in [6.07, 6.45) is -0.846. The Balaban J connectivity index is 2.51. The van der Waals surface area contributed by atoms with E-state index in [4.69, 9.17) is 18.7 Å². The number of amides is 2. The highest BCUT2D eigenvalue weighted by Gasteiger charge is 2.21. The van der Waals surface area contributed by atoms with E-state index in [1.54, 1.807) is 34.6 Å². The number of carbonyl (C=O) groups excluding carboxylic acids is 3. The second-order valence-corrected chi connectivity index (χ2v) is 6.50. The van der Waals surface area contributed by atoms with Crippen LogP contribution in [0.5, 0.6) is 5.88 Å². The van der Waals surface area contributed by atoms with Gasteiger partial charge in [0.25, 0.3) is 11.8 Å². The maximum Gasteiger partial charge on any atom is 0.410 e. The minimum absolute atomic E-state index is 0.0356. The number of alkyl carbamates (subject to hydrolysis) is 1. The van der Waals surface area contributed by atoms with Crippen LogP contribution in [0.3, 0.4) is 0 Å². The van der Waals surface area contributed by atoms with Crippen LogP contribution in [-0.4, -0.2) is 48.1 Å². The third-order valence-electron chi connectivity index (χ3n) is 2.94. The van der Waals surface area contributed by atoms with Crippen LogP contribution in [0.2, 0.25) is 0 Å². The van der Waals surface area contributed by atoms with Crippen LogP contribution in [0.1, 0.15) is 58.0 Å². The van der Waals surface area contributed by atoms with Crippen LogP contribution in [0.4, 0.5) is 4.79 Å². The number of aromatic nitrogens is 1. The van der Waals surface area contributed by atoms with E-state index in [0.29, 0.717) is 6.42 Å². The van der Waals surface area contributed by atoms with Crippen LogP contribution in [0, 0.1) is 0 Å². The molecular weight excluding hydrogens is 358 g/mol. The molecule has 1 atom stereocenters. The number of ether oxygens (including phenoxy) is 3. The Kier molecular flexibility index (Phi) is 8.57. The summed E-state index contributed by atoms with van der Waals surface area (Å²) in [7, 11) is 0.